The predicted molar refractivity (Wildman–Crippen MR) is 67.8 cm³/mol. The van der Waals surface area contributed by atoms with E-state index in [0.717, 1.165) is 17.8 Å². The third-order valence-corrected chi connectivity index (χ3v) is 2.98. The van der Waals surface area contributed by atoms with E-state index in [1.807, 2.05) is 19.2 Å². The van der Waals surface area contributed by atoms with Gasteiger partial charge in [0.15, 0.2) is 0 Å². The fourth-order valence-electron chi connectivity index (χ4n) is 1.28. The van der Waals surface area contributed by atoms with Gasteiger partial charge >= 0.3 is 6.09 Å². The second-order valence-electron chi connectivity index (χ2n) is 4.10. The number of hydrogen-bond donors (Lipinski definition) is 2. The summed E-state index contributed by atoms with van der Waals surface area (Å²) in [5.41, 5.74) is 5.64. The van der Waals surface area contributed by atoms with Gasteiger partial charge in [-0.3, -0.25) is 0 Å². The Bertz CT molecular complexity index is 327. The van der Waals surface area contributed by atoms with Gasteiger partial charge in [0.2, 0.25) is 0 Å². The zero-order valence-electron chi connectivity index (χ0n) is 10.2. The predicted octanol–water partition coefficient (Wildman–Crippen LogP) is 1.89. The van der Waals surface area contributed by atoms with Crippen LogP contribution in [0.25, 0.3) is 0 Å². The lowest BCUT2D eigenvalue weighted by Gasteiger charge is -2.14. The lowest BCUT2D eigenvalue weighted by molar-refractivity contribution is 0.135. The van der Waals surface area contributed by atoms with Crippen molar-refractivity contribution in [2.75, 3.05) is 0 Å². The summed E-state index contributed by atoms with van der Waals surface area (Å²) in [6.07, 6.45) is 3.02. The minimum atomic E-state index is -0.405. The number of nitrogens with zero attached hydrogens (tertiary/aromatic N) is 1. The molecular formula is C11H19N3O2S. The zero-order valence-corrected chi connectivity index (χ0v) is 11.0. The second kappa shape index (κ2) is 7.24. The second-order valence-corrected chi connectivity index (χ2v) is 5.08. The summed E-state index contributed by atoms with van der Waals surface area (Å²) >= 11 is 1.47. The van der Waals surface area contributed by atoms with E-state index >= 15 is 0 Å². The summed E-state index contributed by atoms with van der Waals surface area (Å²) in [7, 11) is 0. The Kier molecular flexibility index (Phi) is 5.93. The van der Waals surface area contributed by atoms with Gasteiger partial charge in [-0.2, -0.15) is 0 Å². The highest BCUT2D eigenvalue weighted by Gasteiger charge is 2.09. The topological polar surface area (TPSA) is 77.2 Å². The molecule has 1 aromatic heterocycles. The first-order valence-corrected chi connectivity index (χ1v) is 6.53. The number of nitrogens with one attached hydrogen (secondary N) is 1. The van der Waals surface area contributed by atoms with Crippen molar-refractivity contribution in [3.8, 4) is 0 Å². The third kappa shape index (κ3) is 6.23. The molecule has 0 fully saturated rings. The van der Waals surface area contributed by atoms with E-state index in [1.165, 1.54) is 11.3 Å². The number of aromatic nitrogens is 1. The molecule has 1 rings (SSSR count). The Morgan fingerprint density at radius 3 is 2.94 bits per heavy atom. The van der Waals surface area contributed by atoms with Crippen molar-refractivity contribution in [2.24, 2.45) is 5.73 Å². The van der Waals surface area contributed by atoms with Crippen LogP contribution < -0.4 is 11.1 Å². The van der Waals surface area contributed by atoms with Crippen LogP contribution in [0.15, 0.2) is 11.6 Å². The van der Waals surface area contributed by atoms with E-state index in [1.54, 1.807) is 6.20 Å². The van der Waals surface area contributed by atoms with Gasteiger partial charge in [-0.1, -0.05) is 0 Å². The third-order valence-electron chi connectivity index (χ3n) is 2.23. The average molecular weight is 257 g/mol. The Balaban J connectivity index is 2.16. The van der Waals surface area contributed by atoms with Crippen molar-refractivity contribution in [2.45, 2.75) is 45.4 Å². The first kappa shape index (κ1) is 13.9. The van der Waals surface area contributed by atoms with Gasteiger partial charge in [0, 0.05) is 23.7 Å². The van der Waals surface area contributed by atoms with E-state index in [0.29, 0.717) is 0 Å². The molecule has 0 aromatic carbocycles. The highest BCUT2D eigenvalue weighted by molar-refractivity contribution is 7.09. The van der Waals surface area contributed by atoms with Crippen molar-refractivity contribution >= 4 is 17.4 Å². The van der Waals surface area contributed by atoms with Crippen LogP contribution in [0, 0.1) is 0 Å². The SMILES string of the molecule is C[C@H](CC[C@@H](C)N)NC(=O)OCc1nccs1. The maximum absolute atomic E-state index is 11.4. The molecule has 3 N–H and O–H groups in total. The molecule has 0 unspecified atom stereocenters. The molecule has 0 radical (unpaired) electrons. The van der Waals surface area contributed by atoms with Gasteiger partial charge in [0.1, 0.15) is 11.6 Å². The molecule has 6 heteroatoms. The number of thiazole rings is 1. The maximum Gasteiger partial charge on any atom is 0.407 e. The molecule has 0 aliphatic heterocycles. The molecule has 2 atom stereocenters. The normalized spacial score (nSPS) is 14.1. The van der Waals surface area contributed by atoms with Gasteiger partial charge in [0.05, 0.1) is 0 Å². The summed E-state index contributed by atoms with van der Waals surface area (Å²) in [6, 6.07) is 0.232. The lowest BCUT2D eigenvalue weighted by atomic mass is 10.1. The minimum Gasteiger partial charge on any atom is -0.442 e. The number of alkyl carbamates (subject to hydrolysis) is 1. The van der Waals surface area contributed by atoms with Crippen molar-refractivity contribution < 1.29 is 9.53 Å². The molecule has 0 saturated carbocycles. The van der Waals surface area contributed by atoms with E-state index in [2.05, 4.69) is 10.3 Å². The van der Waals surface area contributed by atoms with E-state index in [4.69, 9.17) is 10.5 Å². The van der Waals surface area contributed by atoms with E-state index in [-0.39, 0.29) is 18.7 Å². The summed E-state index contributed by atoms with van der Waals surface area (Å²) in [4.78, 5) is 15.4. The molecule has 17 heavy (non-hydrogen) atoms. The number of carbonyl (C=O) groups excluding carboxylic acids is 1. The van der Waals surface area contributed by atoms with Crippen LogP contribution in [0.2, 0.25) is 0 Å². The molecular weight excluding hydrogens is 238 g/mol. The number of rotatable bonds is 6. The summed E-state index contributed by atoms with van der Waals surface area (Å²) in [5, 5.41) is 5.40. The molecule has 0 aliphatic carbocycles. The minimum absolute atomic E-state index is 0.0739. The Hall–Kier alpha value is -1.14. The fraction of sp³-hybridized carbons (Fsp3) is 0.636. The van der Waals surface area contributed by atoms with E-state index in [9.17, 15) is 4.79 Å². The zero-order chi connectivity index (χ0) is 12.7. The molecule has 0 saturated heterocycles. The lowest BCUT2D eigenvalue weighted by Crippen LogP contribution is -2.34. The summed E-state index contributed by atoms with van der Waals surface area (Å²) < 4.78 is 5.03. The Morgan fingerprint density at radius 2 is 2.35 bits per heavy atom. The average Bonchev–Trinajstić information content (AvgIpc) is 2.76. The monoisotopic (exact) mass is 257 g/mol. The molecule has 0 spiro atoms. The van der Waals surface area contributed by atoms with Gasteiger partial charge in [-0.25, -0.2) is 9.78 Å². The molecule has 5 nitrogen and oxygen atoms in total. The summed E-state index contributed by atoms with van der Waals surface area (Å²) in [5.74, 6) is 0. The van der Waals surface area contributed by atoms with E-state index < -0.39 is 6.09 Å². The van der Waals surface area contributed by atoms with Crippen LogP contribution in [0.3, 0.4) is 0 Å². The molecule has 0 aliphatic rings. The van der Waals surface area contributed by atoms with Crippen LogP contribution >= 0.6 is 11.3 Å². The first-order valence-electron chi connectivity index (χ1n) is 5.65. The van der Waals surface area contributed by atoms with Crippen LogP contribution in [0.4, 0.5) is 4.79 Å². The molecule has 0 bridgehead atoms. The number of amides is 1. The van der Waals surface area contributed by atoms with Crippen LogP contribution in [0.5, 0.6) is 0 Å². The highest BCUT2D eigenvalue weighted by Crippen LogP contribution is 2.05. The number of carbonyl (C=O) groups is 1. The number of ether oxygens (including phenoxy) is 1. The molecule has 1 amide bonds. The van der Waals surface area contributed by atoms with Crippen molar-refractivity contribution in [3.63, 3.8) is 0 Å². The number of hydrogen-bond acceptors (Lipinski definition) is 5. The van der Waals surface area contributed by atoms with Gasteiger partial charge in [-0.05, 0) is 26.7 Å². The molecule has 96 valence electrons. The van der Waals surface area contributed by atoms with Gasteiger partial charge in [-0.15, -0.1) is 11.3 Å². The standard InChI is InChI=1S/C11H19N3O2S/c1-8(12)3-4-9(2)14-11(15)16-7-10-13-5-6-17-10/h5-6,8-9H,3-4,7,12H2,1-2H3,(H,14,15)/t8-,9-/m1/s1. The van der Waals surface area contributed by atoms with Gasteiger partial charge < -0.3 is 15.8 Å². The van der Waals surface area contributed by atoms with Crippen LogP contribution in [-0.2, 0) is 11.3 Å². The van der Waals surface area contributed by atoms with Crippen molar-refractivity contribution in [1.82, 2.24) is 10.3 Å². The van der Waals surface area contributed by atoms with Crippen molar-refractivity contribution in [3.05, 3.63) is 16.6 Å². The maximum atomic E-state index is 11.4. The smallest absolute Gasteiger partial charge is 0.407 e. The van der Waals surface area contributed by atoms with Crippen LogP contribution in [0.1, 0.15) is 31.7 Å². The highest BCUT2D eigenvalue weighted by atomic mass is 32.1. The molecule has 1 heterocycles. The van der Waals surface area contributed by atoms with Gasteiger partial charge in [0.25, 0.3) is 0 Å². The van der Waals surface area contributed by atoms with Crippen molar-refractivity contribution in [1.29, 1.82) is 0 Å². The Labute approximate surface area is 105 Å². The first-order chi connectivity index (χ1) is 8.08. The largest absolute Gasteiger partial charge is 0.442 e. The molecule has 1 aromatic rings. The van der Waals surface area contributed by atoms with Crippen LogP contribution in [-0.4, -0.2) is 23.2 Å². The Morgan fingerprint density at radius 1 is 1.59 bits per heavy atom. The number of nitrogens with two attached hydrogens (primary N) is 1. The fourth-order valence-corrected chi connectivity index (χ4v) is 1.81. The summed E-state index contributed by atoms with van der Waals surface area (Å²) in [6.45, 7) is 4.12. The quantitative estimate of drug-likeness (QED) is 0.815.